The molecule has 0 aromatic heterocycles. The van der Waals surface area contributed by atoms with Crippen LogP contribution in [-0.2, 0) is 0 Å². The van der Waals surface area contributed by atoms with Gasteiger partial charge in [-0.1, -0.05) is 12.2 Å². The summed E-state index contributed by atoms with van der Waals surface area (Å²) in [7, 11) is 6.37. The Morgan fingerprint density at radius 3 is 1.91 bits per heavy atom. The molecule has 0 unspecified atom stereocenters. The fraction of sp³-hybridized carbons (Fsp3) is 0.222. The van der Waals surface area contributed by atoms with E-state index in [1.165, 1.54) is 0 Å². The van der Waals surface area contributed by atoms with Crippen LogP contribution in [-0.4, -0.2) is 28.4 Å². The van der Waals surface area contributed by atoms with E-state index in [0.29, 0.717) is 22.9 Å². The molecule has 23 heavy (non-hydrogen) atoms. The first-order chi connectivity index (χ1) is 11.1. The zero-order valence-corrected chi connectivity index (χ0v) is 13.8. The lowest BCUT2D eigenvalue weighted by atomic mass is 10.1. The lowest BCUT2D eigenvalue weighted by molar-refractivity contribution is 0.324. The minimum absolute atomic E-state index is 0.566. The summed E-state index contributed by atoms with van der Waals surface area (Å²) in [6.07, 6.45) is 3.86. The van der Waals surface area contributed by atoms with Crippen molar-refractivity contribution in [3.05, 3.63) is 41.5 Å². The number of hydrogen-bond acceptors (Lipinski definition) is 5. The number of benzene rings is 2. The Labute approximate surface area is 136 Å². The van der Waals surface area contributed by atoms with Crippen molar-refractivity contribution in [2.24, 2.45) is 0 Å². The van der Waals surface area contributed by atoms with Crippen LogP contribution in [0.4, 0.5) is 5.69 Å². The van der Waals surface area contributed by atoms with Crippen LogP contribution < -0.4 is 24.7 Å². The molecular formula is C18H21NO4. The van der Waals surface area contributed by atoms with Gasteiger partial charge in [0.1, 0.15) is 5.75 Å². The van der Waals surface area contributed by atoms with Crippen molar-refractivity contribution in [1.29, 1.82) is 0 Å². The van der Waals surface area contributed by atoms with Gasteiger partial charge in [0.2, 0.25) is 5.75 Å². The zero-order valence-electron chi connectivity index (χ0n) is 13.8. The van der Waals surface area contributed by atoms with E-state index in [1.807, 2.05) is 36.4 Å². The Balaban J connectivity index is 2.36. The Morgan fingerprint density at radius 1 is 0.783 bits per heavy atom. The molecule has 0 atom stereocenters. The number of methoxy groups -OCH3 is 4. The van der Waals surface area contributed by atoms with Crippen LogP contribution in [0, 0.1) is 0 Å². The van der Waals surface area contributed by atoms with E-state index in [1.54, 1.807) is 34.5 Å². The zero-order chi connectivity index (χ0) is 16.8. The van der Waals surface area contributed by atoms with Crippen LogP contribution in [0.15, 0.2) is 30.3 Å². The first kappa shape index (κ1) is 16.5. The van der Waals surface area contributed by atoms with Crippen LogP contribution in [0.5, 0.6) is 23.0 Å². The summed E-state index contributed by atoms with van der Waals surface area (Å²) in [5.74, 6) is 2.51. The number of hydrogen-bond donors (Lipinski definition) is 1. The number of nitrogens with two attached hydrogens (primary N) is 1. The van der Waals surface area contributed by atoms with Gasteiger partial charge in [0.05, 0.1) is 28.4 Å². The molecule has 0 bridgehead atoms. The Morgan fingerprint density at radius 2 is 1.43 bits per heavy atom. The molecule has 0 fully saturated rings. The van der Waals surface area contributed by atoms with Crippen molar-refractivity contribution in [2.45, 2.75) is 0 Å². The van der Waals surface area contributed by atoms with Gasteiger partial charge in [-0.05, 0) is 35.4 Å². The van der Waals surface area contributed by atoms with Crippen molar-refractivity contribution < 1.29 is 18.9 Å². The van der Waals surface area contributed by atoms with Gasteiger partial charge >= 0.3 is 0 Å². The van der Waals surface area contributed by atoms with Crippen molar-refractivity contribution in [3.8, 4) is 23.0 Å². The molecule has 0 saturated heterocycles. The smallest absolute Gasteiger partial charge is 0.203 e. The molecule has 2 aromatic rings. The molecule has 0 spiro atoms. The highest BCUT2D eigenvalue weighted by atomic mass is 16.5. The van der Waals surface area contributed by atoms with Gasteiger partial charge < -0.3 is 24.7 Å². The molecule has 5 heteroatoms. The molecule has 0 radical (unpaired) electrons. The topological polar surface area (TPSA) is 62.9 Å². The Kier molecular flexibility index (Phi) is 5.36. The van der Waals surface area contributed by atoms with E-state index >= 15 is 0 Å². The third kappa shape index (κ3) is 3.69. The fourth-order valence-corrected chi connectivity index (χ4v) is 2.22. The molecule has 0 saturated carbocycles. The predicted octanol–water partition coefficient (Wildman–Crippen LogP) is 3.47. The van der Waals surface area contributed by atoms with E-state index in [4.69, 9.17) is 24.7 Å². The van der Waals surface area contributed by atoms with Gasteiger partial charge in [-0.15, -0.1) is 0 Å². The number of anilines is 1. The average Bonchev–Trinajstić information content (AvgIpc) is 2.59. The molecule has 2 aromatic carbocycles. The van der Waals surface area contributed by atoms with Gasteiger partial charge in [-0.25, -0.2) is 0 Å². The molecule has 0 amide bonds. The average molecular weight is 315 g/mol. The number of ether oxygens (including phenoxy) is 4. The standard InChI is InChI=1S/C18H21NO4/c1-20-14-8-7-13(15(19)11-14)6-5-12-9-16(21-2)18(23-4)17(10-12)22-3/h5-11H,19H2,1-4H3/b6-5-. The molecule has 2 N–H and O–H groups in total. The highest BCUT2D eigenvalue weighted by Gasteiger charge is 2.12. The van der Waals surface area contributed by atoms with Crippen LogP contribution in [0.1, 0.15) is 11.1 Å². The second-order valence-corrected chi connectivity index (χ2v) is 4.79. The highest BCUT2D eigenvalue weighted by Crippen LogP contribution is 2.38. The first-order valence-electron chi connectivity index (χ1n) is 7.04. The monoisotopic (exact) mass is 315 g/mol. The third-order valence-electron chi connectivity index (χ3n) is 3.44. The maximum absolute atomic E-state index is 6.02. The Bertz CT molecular complexity index is 685. The second-order valence-electron chi connectivity index (χ2n) is 4.79. The van der Waals surface area contributed by atoms with E-state index in [0.717, 1.165) is 16.9 Å². The summed E-state index contributed by atoms with van der Waals surface area (Å²) in [4.78, 5) is 0. The van der Waals surface area contributed by atoms with E-state index in [-0.39, 0.29) is 0 Å². The second kappa shape index (κ2) is 7.45. The summed E-state index contributed by atoms with van der Waals surface area (Å²) < 4.78 is 21.2. The molecular weight excluding hydrogens is 294 g/mol. The van der Waals surface area contributed by atoms with Gasteiger partial charge in [-0.2, -0.15) is 0 Å². The van der Waals surface area contributed by atoms with Crippen LogP contribution in [0.2, 0.25) is 0 Å². The van der Waals surface area contributed by atoms with Gasteiger partial charge in [0.25, 0.3) is 0 Å². The van der Waals surface area contributed by atoms with E-state index < -0.39 is 0 Å². The summed E-state index contributed by atoms with van der Waals surface area (Å²) in [5.41, 5.74) is 8.48. The molecule has 5 nitrogen and oxygen atoms in total. The SMILES string of the molecule is COc1ccc(/C=C\c2cc(OC)c(OC)c(OC)c2)c(N)c1. The van der Waals surface area contributed by atoms with Crippen molar-refractivity contribution >= 4 is 17.8 Å². The normalized spacial score (nSPS) is 10.6. The quantitative estimate of drug-likeness (QED) is 0.653. The minimum atomic E-state index is 0.566. The number of rotatable bonds is 6. The largest absolute Gasteiger partial charge is 0.497 e. The molecule has 0 aliphatic carbocycles. The van der Waals surface area contributed by atoms with Gasteiger partial charge in [-0.3, -0.25) is 0 Å². The third-order valence-corrected chi connectivity index (χ3v) is 3.44. The number of nitrogen functional groups attached to an aromatic ring is 1. The molecule has 0 heterocycles. The molecule has 122 valence electrons. The highest BCUT2D eigenvalue weighted by molar-refractivity contribution is 5.77. The summed E-state index contributed by atoms with van der Waals surface area (Å²) in [5, 5.41) is 0. The fourth-order valence-electron chi connectivity index (χ4n) is 2.22. The minimum Gasteiger partial charge on any atom is -0.497 e. The Hall–Kier alpha value is -2.82. The molecule has 0 aliphatic rings. The van der Waals surface area contributed by atoms with E-state index in [9.17, 15) is 0 Å². The van der Waals surface area contributed by atoms with Crippen molar-refractivity contribution in [1.82, 2.24) is 0 Å². The van der Waals surface area contributed by atoms with E-state index in [2.05, 4.69) is 0 Å². The summed E-state index contributed by atoms with van der Waals surface area (Å²) in [6.45, 7) is 0. The van der Waals surface area contributed by atoms with Crippen LogP contribution in [0.25, 0.3) is 12.2 Å². The lowest BCUT2D eigenvalue weighted by Gasteiger charge is -2.12. The first-order valence-corrected chi connectivity index (χ1v) is 7.04. The summed E-state index contributed by atoms with van der Waals surface area (Å²) >= 11 is 0. The molecule has 0 aliphatic heterocycles. The van der Waals surface area contributed by atoms with Crippen LogP contribution in [0.3, 0.4) is 0 Å². The predicted molar refractivity (Wildman–Crippen MR) is 92.4 cm³/mol. The molecule has 2 rings (SSSR count). The summed E-state index contributed by atoms with van der Waals surface area (Å²) in [6, 6.07) is 9.30. The van der Waals surface area contributed by atoms with Crippen molar-refractivity contribution in [2.75, 3.05) is 34.2 Å². The van der Waals surface area contributed by atoms with Gasteiger partial charge in [0, 0.05) is 11.8 Å². The van der Waals surface area contributed by atoms with Crippen LogP contribution >= 0.6 is 0 Å². The maximum Gasteiger partial charge on any atom is 0.203 e. The van der Waals surface area contributed by atoms with Gasteiger partial charge in [0.15, 0.2) is 11.5 Å². The van der Waals surface area contributed by atoms with Crippen molar-refractivity contribution in [3.63, 3.8) is 0 Å². The lowest BCUT2D eigenvalue weighted by Crippen LogP contribution is -1.95. The maximum atomic E-state index is 6.02.